The summed E-state index contributed by atoms with van der Waals surface area (Å²) >= 11 is 0. The molecule has 16 heavy (non-hydrogen) atoms. The molecule has 5 heteroatoms. The first-order valence-electron chi connectivity index (χ1n) is 5.06. The van der Waals surface area contributed by atoms with Gasteiger partial charge in [0.2, 0.25) is 5.78 Å². The predicted molar refractivity (Wildman–Crippen MR) is 58.0 cm³/mol. The molecule has 0 spiro atoms. The number of nitrogens with zero attached hydrogens (tertiary/aromatic N) is 1. The summed E-state index contributed by atoms with van der Waals surface area (Å²) in [6.07, 6.45) is 0. The molecule has 1 saturated heterocycles. The molecule has 1 aromatic rings. The minimum atomic E-state index is -0.548. The zero-order chi connectivity index (χ0) is 11.5. The summed E-state index contributed by atoms with van der Waals surface area (Å²) in [4.78, 5) is 22.4. The van der Waals surface area contributed by atoms with Crippen LogP contribution in [0.2, 0.25) is 0 Å². The SMILES string of the molecule is NN(Cc1ccccc1)C1CNC(=O)C1=O. The molecule has 1 heterocycles. The lowest BCUT2D eigenvalue weighted by Crippen LogP contribution is -2.45. The van der Waals surface area contributed by atoms with Gasteiger partial charge in [-0.2, -0.15) is 0 Å². The highest BCUT2D eigenvalue weighted by molar-refractivity contribution is 6.40. The molecule has 2 rings (SSSR count). The van der Waals surface area contributed by atoms with Crippen LogP contribution in [0.15, 0.2) is 30.3 Å². The van der Waals surface area contributed by atoms with Gasteiger partial charge in [0.15, 0.2) is 0 Å². The molecule has 1 fully saturated rings. The second kappa shape index (κ2) is 4.42. The first kappa shape index (κ1) is 10.8. The zero-order valence-corrected chi connectivity index (χ0v) is 8.72. The van der Waals surface area contributed by atoms with Gasteiger partial charge in [-0.3, -0.25) is 15.4 Å². The fourth-order valence-electron chi connectivity index (χ4n) is 1.69. The molecule has 3 N–H and O–H groups in total. The van der Waals surface area contributed by atoms with Gasteiger partial charge in [0, 0.05) is 13.1 Å². The van der Waals surface area contributed by atoms with Crippen LogP contribution >= 0.6 is 0 Å². The number of carbonyl (C=O) groups excluding carboxylic acids is 2. The largest absolute Gasteiger partial charge is 0.347 e. The lowest BCUT2D eigenvalue weighted by atomic mass is 10.2. The molecule has 0 bridgehead atoms. The number of hydrazine groups is 1. The van der Waals surface area contributed by atoms with Crippen molar-refractivity contribution in [1.29, 1.82) is 0 Å². The number of hydrogen-bond acceptors (Lipinski definition) is 4. The van der Waals surface area contributed by atoms with Gasteiger partial charge in [0.05, 0.1) is 0 Å². The number of nitrogens with two attached hydrogens (primary N) is 1. The van der Waals surface area contributed by atoms with E-state index in [0.717, 1.165) is 5.56 Å². The van der Waals surface area contributed by atoms with Crippen LogP contribution in [-0.4, -0.2) is 29.3 Å². The normalized spacial score (nSPS) is 20.2. The topological polar surface area (TPSA) is 75.4 Å². The van der Waals surface area contributed by atoms with Gasteiger partial charge in [-0.15, -0.1) is 0 Å². The quantitative estimate of drug-likeness (QED) is 0.405. The van der Waals surface area contributed by atoms with Crippen LogP contribution < -0.4 is 11.2 Å². The van der Waals surface area contributed by atoms with E-state index in [-0.39, 0.29) is 0 Å². The van der Waals surface area contributed by atoms with Gasteiger partial charge >= 0.3 is 0 Å². The Hall–Kier alpha value is -1.72. The summed E-state index contributed by atoms with van der Waals surface area (Å²) in [5.74, 6) is 4.78. The Bertz CT molecular complexity index is 405. The third-order valence-electron chi connectivity index (χ3n) is 2.59. The van der Waals surface area contributed by atoms with E-state index in [9.17, 15) is 9.59 Å². The minimum absolute atomic E-state index is 0.293. The Morgan fingerprint density at radius 3 is 2.56 bits per heavy atom. The molecule has 1 aromatic carbocycles. The molecule has 5 nitrogen and oxygen atoms in total. The second-order valence-electron chi connectivity index (χ2n) is 3.75. The third-order valence-corrected chi connectivity index (χ3v) is 2.59. The van der Waals surface area contributed by atoms with Crippen molar-refractivity contribution in [2.75, 3.05) is 6.54 Å². The maximum atomic E-state index is 11.4. The fourth-order valence-corrected chi connectivity index (χ4v) is 1.69. The van der Waals surface area contributed by atoms with E-state index in [1.54, 1.807) is 0 Å². The Morgan fingerprint density at radius 1 is 1.31 bits per heavy atom. The molecule has 1 aliphatic heterocycles. The Labute approximate surface area is 93.2 Å². The van der Waals surface area contributed by atoms with Gasteiger partial charge in [-0.25, -0.2) is 5.01 Å². The van der Waals surface area contributed by atoms with Crippen LogP contribution in [0.4, 0.5) is 0 Å². The molecule has 0 aromatic heterocycles. The lowest BCUT2D eigenvalue weighted by Gasteiger charge is -2.20. The maximum absolute atomic E-state index is 11.4. The number of Topliss-reactive ketones (excluding diaryl/α,β-unsaturated/α-hetero) is 1. The van der Waals surface area contributed by atoms with E-state index in [0.29, 0.717) is 13.1 Å². The standard InChI is InChI=1S/C11H13N3O2/c12-14(7-8-4-2-1-3-5-8)9-6-13-11(16)10(9)15/h1-5,9H,6-7,12H2,(H,13,16). The fraction of sp³-hybridized carbons (Fsp3) is 0.273. The summed E-state index contributed by atoms with van der Waals surface area (Å²) in [6, 6.07) is 9.03. The van der Waals surface area contributed by atoms with Gasteiger partial charge in [0.1, 0.15) is 6.04 Å². The van der Waals surface area contributed by atoms with E-state index >= 15 is 0 Å². The highest BCUT2D eigenvalue weighted by Gasteiger charge is 2.35. The highest BCUT2D eigenvalue weighted by atomic mass is 16.2. The van der Waals surface area contributed by atoms with Crippen LogP contribution in [0.5, 0.6) is 0 Å². The highest BCUT2D eigenvalue weighted by Crippen LogP contribution is 2.07. The van der Waals surface area contributed by atoms with Crippen molar-refractivity contribution < 1.29 is 9.59 Å². The summed E-state index contributed by atoms with van der Waals surface area (Å²) in [6.45, 7) is 0.743. The van der Waals surface area contributed by atoms with Crippen molar-refractivity contribution in [3.63, 3.8) is 0 Å². The van der Waals surface area contributed by atoms with Crippen LogP contribution in [0.3, 0.4) is 0 Å². The Morgan fingerprint density at radius 2 is 2.00 bits per heavy atom. The molecule has 1 amide bonds. The zero-order valence-electron chi connectivity index (χ0n) is 8.72. The van der Waals surface area contributed by atoms with Crippen molar-refractivity contribution in [1.82, 2.24) is 10.3 Å². The van der Waals surface area contributed by atoms with E-state index < -0.39 is 17.7 Å². The maximum Gasteiger partial charge on any atom is 0.289 e. The van der Waals surface area contributed by atoms with Gasteiger partial charge < -0.3 is 5.32 Å². The monoisotopic (exact) mass is 219 g/mol. The van der Waals surface area contributed by atoms with Crippen molar-refractivity contribution in [2.24, 2.45) is 5.84 Å². The number of ketones is 1. The third kappa shape index (κ3) is 2.10. The van der Waals surface area contributed by atoms with Crippen molar-refractivity contribution in [3.05, 3.63) is 35.9 Å². The minimum Gasteiger partial charge on any atom is -0.347 e. The first-order chi connectivity index (χ1) is 7.68. The van der Waals surface area contributed by atoms with Gasteiger partial charge in [0.25, 0.3) is 5.91 Å². The average molecular weight is 219 g/mol. The van der Waals surface area contributed by atoms with Crippen LogP contribution in [0.25, 0.3) is 0 Å². The molecule has 1 aliphatic rings. The first-order valence-corrected chi connectivity index (χ1v) is 5.06. The molecule has 0 saturated carbocycles. The van der Waals surface area contributed by atoms with Gasteiger partial charge in [-0.1, -0.05) is 30.3 Å². The molecule has 84 valence electrons. The Balaban J connectivity index is 2.01. The smallest absolute Gasteiger partial charge is 0.289 e. The van der Waals surface area contributed by atoms with Crippen molar-refractivity contribution >= 4 is 11.7 Å². The van der Waals surface area contributed by atoms with Crippen molar-refractivity contribution in [2.45, 2.75) is 12.6 Å². The summed E-state index contributed by atoms with van der Waals surface area (Å²) in [5.41, 5.74) is 1.01. The van der Waals surface area contributed by atoms with E-state index in [1.165, 1.54) is 5.01 Å². The number of hydrogen-bond donors (Lipinski definition) is 2. The average Bonchev–Trinajstić information content (AvgIpc) is 2.61. The predicted octanol–water partition coefficient (Wildman–Crippen LogP) is -0.570. The van der Waals surface area contributed by atoms with E-state index in [1.807, 2.05) is 30.3 Å². The summed E-state index contributed by atoms with van der Waals surface area (Å²) in [5, 5.41) is 3.87. The number of nitrogens with one attached hydrogen (secondary N) is 1. The molecule has 0 aliphatic carbocycles. The van der Waals surface area contributed by atoms with Crippen LogP contribution in [0.1, 0.15) is 5.56 Å². The van der Waals surface area contributed by atoms with E-state index in [4.69, 9.17) is 5.84 Å². The molecular weight excluding hydrogens is 206 g/mol. The van der Waals surface area contributed by atoms with Crippen LogP contribution in [-0.2, 0) is 16.1 Å². The number of benzene rings is 1. The van der Waals surface area contributed by atoms with E-state index in [2.05, 4.69) is 5.32 Å². The lowest BCUT2D eigenvalue weighted by molar-refractivity contribution is -0.137. The summed E-state index contributed by atoms with van der Waals surface area (Å²) in [7, 11) is 0. The van der Waals surface area contributed by atoms with Crippen molar-refractivity contribution in [3.8, 4) is 0 Å². The molecule has 0 radical (unpaired) electrons. The van der Waals surface area contributed by atoms with Gasteiger partial charge in [-0.05, 0) is 5.56 Å². The number of rotatable bonds is 3. The number of amides is 1. The molecule has 1 unspecified atom stereocenters. The molecule has 1 atom stereocenters. The van der Waals surface area contributed by atoms with Crippen LogP contribution in [0, 0.1) is 0 Å². The Kier molecular flexibility index (Phi) is 2.98. The number of carbonyl (C=O) groups is 2. The summed E-state index contributed by atoms with van der Waals surface area (Å²) < 4.78 is 0. The second-order valence-corrected chi connectivity index (χ2v) is 3.75. The molecular formula is C11H13N3O2.